The van der Waals surface area contributed by atoms with Crippen LogP contribution in [0.3, 0.4) is 0 Å². The van der Waals surface area contributed by atoms with Crippen molar-refractivity contribution in [2.24, 2.45) is 0 Å². The van der Waals surface area contributed by atoms with Crippen LogP contribution < -0.4 is 5.32 Å². The van der Waals surface area contributed by atoms with Gasteiger partial charge in [-0.2, -0.15) is 0 Å². The van der Waals surface area contributed by atoms with Crippen molar-refractivity contribution in [2.45, 2.75) is 13.3 Å². The van der Waals surface area contributed by atoms with Crippen LogP contribution >= 0.6 is 11.6 Å². The van der Waals surface area contributed by atoms with Crippen molar-refractivity contribution < 1.29 is 4.74 Å². The predicted octanol–water partition coefficient (Wildman–Crippen LogP) is 2.45. The molecule has 1 aromatic rings. The highest BCUT2D eigenvalue weighted by Gasteiger charge is 1.92. The maximum absolute atomic E-state index is 5.48. The summed E-state index contributed by atoms with van der Waals surface area (Å²) in [6.07, 6.45) is 2.79. The van der Waals surface area contributed by atoms with Crippen molar-refractivity contribution in [3.8, 4) is 0 Å². The highest BCUT2D eigenvalue weighted by molar-refractivity contribution is 6.17. The van der Waals surface area contributed by atoms with Gasteiger partial charge in [0.1, 0.15) is 0 Å². The summed E-state index contributed by atoms with van der Waals surface area (Å²) in [5.41, 5.74) is 2.14. The van der Waals surface area contributed by atoms with E-state index in [1.54, 1.807) is 0 Å². The number of aromatic nitrogens is 1. The Labute approximate surface area is 95.8 Å². The zero-order valence-corrected chi connectivity index (χ0v) is 9.76. The Hall–Kier alpha value is -0.800. The van der Waals surface area contributed by atoms with E-state index in [2.05, 4.69) is 10.3 Å². The first-order chi connectivity index (χ1) is 7.33. The van der Waals surface area contributed by atoms with Gasteiger partial charge in [0.2, 0.25) is 0 Å². The van der Waals surface area contributed by atoms with Gasteiger partial charge in [0, 0.05) is 36.6 Å². The third-order valence-corrected chi connectivity index (χ3v) is 2.07. The molecule has 4 heteroatoms. The lowest BCUT2D eigenvalue weighted by atomic mass is 10.3. The van der Waals surface area contributed by atoms with Crippen LogP contribution in [-0.2, 0) is 4.74 Å². The molecule has 0 saturated heterocycles. The molecule has 0 bridgehead atoms. The van der Waals surface area contributed by atoms with E-state index in [1.165, 1.54) is 0 Å². The van der Waals surface area contributed by atoms with E-state index in [0.29, 0.717) is 12.5 Å². The minimum absolute atomic E-state index is 0.566. The number of ether oxygens (including phenoxy) is 1. The van der Waals surface area contributed by atoms with Crippen molar-refractivity contribution in [1.29, 1.82) is 0 Å². The molecule has 15 heavy (non-hydrogen) atoms. The molecular formula is C11H17ClN2O. The summed E-state index contributed by atoms with van der Waals surface area (Å²) in [5.74, 6) is 0.566. The average Bonchev–Trinajstić information content (AvgIpc) is 2.23. The molecule has 0 aliphatic rings. The van der Waals surface area contributed by atoms with E-state index in [4.69, 9.17) is 16.3 Å². The van der Waals surface area contributed by atoms with Gasteiger partial charge in [-0.25, -0.2) is 0 Å². The summed E-state index contributed by atoms with van der Waals surface area (Å²) in [7, 11) is 0. The minimum atomic E-state index is 0.566. The van der Waals surface area contributed by atoms with Crippen LogP contribution in [0.25, 0.3) is 0 Å². The maximum Gasteiger partial charge on any atom is 0.0601 e. The first-order valence-corrected chi connectivity index (χ1v) is 5.66. The lowest BCUT2D eigenvalue weighted by molar-refractivity contribution is 0.149. The molecule has 0 saturated carbocycles. The van der Waals surface area contributed by atoms with E-state index in [-0.39, 0.29) is 0 Å². The highest BCUT2D eigenvalue weighted by Crippen LogP contribution is 2.06. The standard InChI is InChI=1S/C11H17ClN2O/c1-10-9-11(3-6-13-10)14-5-2-7-15-8-4-12/h3,6,9H,2,4-5,7-8H2,1H3,(H,13,14). The number of nitrogens with one attached hydrogen (secondary N) is 1. The summed E-state index contributed by atoms with van der Waals surface area (Å²) in [6, 6.07) is 3.99. The van der Waals surface area contributed by atoms with Gasteiger partial charge in [-0.15, -0.1) is 11.6 Å². The lowest BCUT2D eigenvalue weighted by Crippen LogP contribution is -2.06. The van der Waals surface area contributed by atoms with E-state index in [9.17, 15) is 0 Å². The van der Waals surface area contributed by atoms with Crippen LogP contribution in [0.5, 0.6) is 0 Å². The molecule has 1 N–H and O–H groups in total. The van der Waals surface area contributed by atoms with E-state index in [0.717, 1.165) is 31.0 Å². The summed E-state index contributed by atoms with van der Waals surface area (Å²) in [4.78, 5) is 4.13. The molecular weight excluding hydrogens is 212 g/mol. The molecule has 0 aliphatic heterocycles. The summed E-state index contributed by atoms with van der Waals surface area (Å²) < 4.78 is 5.26. The second-order valence-corrected chi connectivity index (χ2v) is 3.65. The average molecular weight is 229 g/mol. The number of aryl methyl sites for hydroxylation is 1. The van der Waals surface area contributed by atoms with Crippen LogP contribution in [0.2, 0.25) is 0 Å². The SMILES string of the molecule is Cc1cc(NCCCOCCCl)ccn1. The molecule has 84 valence electrons. The quantitative estimate of drug-likeness (QED) is 0.575. The lowest BCUT2D eigenvalue weighted by Gasteiger charge is -2.06. The number of alkyl halides is 1. The highest BCUT2D eigenvalue weighted by atomic mass is 35.5. The second-order valence-electron chi connectivity index (χ2n) is 3.27. The van der Waals surface area contributed by atoms with Gasteiger partial charge in [-0.3, -0.25) is 4.98 Å². The molecule has 0 amide bonds. The van der Waals surface area contributed by atoms with E-state index >= 15 is 0 Å². The van der Waals surface area contributed by atoms with Gasteiger partial charge in [-0.1, -0.05) is 0 Å². The minimum Gasteiger partial charge on any atom is -0.385 e. The van der Waals surface area contributed by atoms with Crippen LogP contribution in [-0.4, -0.2) is 30.6 Å². The third-order valence-electron chi connectivity index (χ3n) is 1.91. The number of hydrogen-bond donors (Lipinski definition) is 1. The Bertz CT molecular complexity index is 281. The predicted molar refractivity (Wildman–Crippen MR) is 63.6 cm³/mol. The fourth-order valence-electron chi connectivity index (χ4n) is 1.22. The number of anilines is 1. The molecule has 0 unspecified atom stereocenters. The van der Waals surface area contributed by atoms with Gasteiger partial charge < -0.3 is 10.1 Å². The molecule has 0 aromatic carbocycles. The van der Waals surface area contributed by atoms with Crippen molar-refractivity contribution in [3.05, 3.63) is 24.0 Å². The van der Waals surface area contributed by atoms with Gasteiger partial charge in [0.15, 0.2) is 0 Å². The summed E-state index contributed by atoms with van der Waals surface area (Å²) in [5, 5.41) is 3.31. The number of rotatable bonds is 7. The van der Waals surface area contributed by atoms with E-state index < -0.39 is 0 Å². The molecule has 1 heterocycles. The van der Waals surface area contributed by atoms with Crippen LogP contribution in [0.4, 0.5) is 5.69 Å². The molecule has 0 fully saturated rings. The molecule has 1 rings (SSSR count). The maximum atomic E-state index is 5.48. The smallest absolute Gasteiger partial charge is 0.0601 e. The monoisotopic (exact) mass is 228 g/mol. The normalized spacial score (nSPS) is 10.3. The molecule has 1 aromatic heterocycles. The summed E-state index contributed by atoms with van der Waals surface area (Å²) in [6.45, 7) is 4.28. The Balaban J connectivity index is 2.10. The topological polar surface area (TPSA) is 34.1 Å². The Morgan fingerprint density at radius 1 is 1.47 bits per heavy atom. The van der Waals surface area contributed by atoms with Gasteiger partial charge in [-0.05, 0) is 25.5 Å². The van der Waals surface area contributed by atoms with Gasteiger partial charge >= 0.3 is 0 Å². The van der Waals surface area contributed by atoms with Crippen molar-refractivity contribution in [3.63, 3.8) is 0 Å². The fourth-order valence-corrected chi connectivity index (χ4v) is 1.33. The molecule has 0 aliphatic carbocycles. The van der Waals surface area contributed by atoms with Gasteiger partial charge in [0.25, 0.3) is 0 Å². The fraction of sp³-hybridized carbons (Fsp3) is 0.545. The molecule has 0 radical (unpaired) electrons. The Morgan fingerprint density at radius 2 is 2.33 bits per heavy atom. The molecule has 3 nitrogen and oxygen atoms in total. The second kappa shape index (κ2) is 7.49. The van der Waals surface area contributed by atoms with Crippen molar-refractivity contribution in [1.82, 2.24) is 4.98 Å². The number of pyridine rings is 1. The third kappa shape index (κ3) is 5.60. The zero-order valence-electron chi connectivity index (χ0n) is 9.00. The Morgan fingerprint density at radius 3 is 3.07 bits per heavy atom. The summed E-state index contributed by atoms with van der Waals surface area (Å²) >= 11 is 5.48. The van der Waals surface area contributed by atoms with Crippen LogP contribution in [0, 0.1) is 6.92 Å². The first-order valence-electron chi connectivity index (χ1n) is 5.13. The largest absolute Gasteiger partial charge is 0.385 e. The first kappa shape index (κ1) is 12.3. The van der Waals surface area contributed by atoms with E-state index in [1.807, 2.05) is 25.3 Å². The zero-order chi connectivity index (χ0) is 10.9. The van der Waals surface area contributed by atoms with Crippen LogP contribution in [0.1, 0.15) is 12.1 Å². The molecule has 0 spiro atoms. The number of halogens is 1. The van der Waals surface area contributed by atoms with Crippen LogP contribution in [0.15, 0.2) is 18.3 Å². The Kier molecular flexibility index (Phi) is 6.12. The van der Waals surface area contributed by atoms with Gasteiger partial charge in [0.05, 0.1) is 6.61 Å². The van der Waals surface area contributed by atoms with Crippen molar-refractivity contribution in [2.75, 3.05) is 31.0 Å². The number of nitrogens with zero attached hydrogens (tertiary/aromatic N) is 1. The molecule has 0 atom stereocenters. The van der Waals surface area contributed by atoms with Crippen molar-refractivity contribution >= 4 is 17.3 Å². The number of hydrogen-bond acceptors (Lipinski definition) is 3.